The summed E-state index contributed by atoms with van der Waals surface area (Å²) in [5.41, 5.74) is 0.964. The predicted octanol–water partition coefficient (Wildman–Crippen LogP) is 2.63. The molecule has 2 aromatic rings. The highest BCUT2D eigenvalue weighted by molar-refractivity contribution is 5.97. The van der Waals surface area contributed by atoms with Crippen LogP contribution in [0, 0.1) is 0 Å². The lowest BCUT2D eigenvalue weighted by Crippen LogP contribution is -2.39. The van der Waals surface area contributed by atoms with E-state index in [1.165, 1.54) is 0 Å². The van der Waals surface area contributed by atoms with Gasteiger partial charge in [0.25, 0.3) is 5.91 Å². The fraction of sp³-hybridized carbons (Fsp3) is 0.462. The maximum Gasteiger partial charge on any atom is 0.410 e. The van der Waals surface area contributed by atoms with Crippen molar-refractivity contribution in [1.29, 1.82) is 0 Å². The number of hydrogen-bond donors (Lipinski definition) is 0. The molecule has 0 N–H and O–H groups in total. The van der Waals surface area contributed by atoms with Gasteiger partial charge in [0, 0.05) is 39.1 Å². The van der Waals surface area contributed by atoms with E-state index in [9.17, 15) is 9.59 Å². The SMILES string of the molecule is O=C1O[C@@]2(CCN(C(=O)c3ccccc3OCCN3CCOCC3)C2)CN1Cc1ccccc1. The molecule has 3 fully saturated rings. The monoisotopic (exact) mass is 465 g/mol. The largest absolute Gasteiger partial charge is 0.491 e. The molecular weight excluding hydrogens is 434 g/mol. The summed E-state index contributed by atoms with van der Waals surface area (Å²) in [7, 11) is 0. The number of carbonyl (C=O) groups is 2. The minimum atomic E-state index is -0.645. The van der Waals surface area contributed by atoms with Gasteiger partial charge in [0.05, 0.1) is 31.9 Å². The quantitative estimate of drug-likeness (QED) is 0.626. The molecular formula is C26H31N3O5. The first-order chi connectivity index (χ1) is 16.6. The molecule has 3 saturated heterocycles. The molecule has 8 nitrogen and oxygen atoms in total. The van der Waals surface area contributed by atoms with Crippen molar-refractivity contribution in [2.24, 2.45) is 0 Å². The van der Waals surface area contributed by atoms with E-state index in [1.807, 2.05) is 48.5 Å². The molecule has 2 aromatic carbocycles. The highest BCUT2D eigenvalue weighted by atomic mass is 16.6. The van der Waals surface area contributed by atoms with Gasteiger partial charge in [-0.15, -0.1) is 0 Å². The predicted molar refractivity (Wildman–Crippen MR) is 126 cm³/mol. The van der Waals surface area contributed by atoms with Crippen LogP contribution in [0.3, 0.4) is 0 Å². The van der Waals surface area contributed by atoms with Crippen molar-refractivity contribution in [1.82, 2.24) is 14.7 Å². The van der Waals surface area contributed by atoms with Crippen LogP contribution < -0.4 is 4.74 Å². The summed E-state index contributed by atoms with van der Waals surface area (Å²) >= 11 is 0. The number of para-hydroxylation sites is 1. The summed E-state index contributed by atoms with van der Waals surface area (Å²) in [4.78, 5) is 31.8. The molecule has 0 saturated carbocycles. The molecule has 3 aliphatic heterocycles. The average molecular weight is 466 g/mol. The third kappa shape index (κ3) is 5.03. The van der Waals surface area contributed by atoms with Crippen molar-refractivity contribution in [3.8, 4) is 5.75 Å². The van der Waals surface area contributed by atoms with E-state index in [0.29, 0.717) is 50.5 Å². The number of carbonyl (C=O) groups excluding carboxylic acids is 2. The van der Waals surface area contributed by atoms with Crippen molar-refractivity contribution in [2.75, 3.05) is 59.1 Å². The highest BCUT2D eigenvalue weighted by Crippen LogP contribution is 2.34. The van der Waals surface area contributed by atoms with Crippen molar-refractivity contribution >= 4 is 12.0 Å². The summed E-state index contributed by atoms with van der Waals surface area (Å²) in [6, 6.07) is 17.3. The smallest absolute Gasteiger partial charge is 0.410 e. The fourth-order valence-corrected chi connectivity index (χ4v) is 4.90. The summed E-state index contributed by atoms with van der Waals surface area (Å²) in [5, 5.41) is 0. The average Bonchev–Trinajstić information content (AvgIpc) is 3.42. The Morgan fingerprint density at radius 1 is 0.971 bits per heavy atom. The highest BCUT2D eigenvalue weighted by Gasteiger charge is 2.50. The van der Waals surface area contributed by atoms with Gasteiger partial charge in [-0.05, 0) is 17.7 Å². The van der Waals surface area contributed by atoms with E-state index in [2.05, 4.69) is 4.90 Å². The topological polar surface area (TPSA) is 71.5 Å². The molecule has 5 rings (SSSR count). The van der Waals surface area contributed by atoms with Crippen molar-refractivity contribution in [2.45, 2.75) is 18.6 Å². The molecule has 8 heteroatoms. The Morgan fingerprint density at radius 3 is 2.56 bits per heavy atom. The number of amides is 2. The van der Waals surface area contributed by atoms with Gasteiger partial charge < -0.3 is 19.1 Å². The molecule has 3 aliphatic rings. The molecule has 1 spiro atoms. The van der Waals surface area contributed by atoms with E-state index < -0.39 is 5.60 Å². The Bertz CT molecular complexity index is 1010. The Balaban J connectivity index is 1.19. The fourth-order valence-electron chi connectivity index (χ4n) is 4.90. The second-order valence-corrected chi connectivity index (χ2v) is 9.17. The molecule has 0 unspecified atom stereocenters. The molecule has 0 radical (unpaired) electrons. The second kappa shape index (κ2) is 10.0. The lowest BCUT2D eigenvalue weighted by molar-refractivity contribution is 0.0321. The van der Waals surface area contributed by atoms with Gasteiger partial charge in [-0.2, -0.15) is 0 Å². The molecule has 3 heterocycles. The minimum Gasteiger partial charge on any atom is -0.491 e. The van der Waals surface area contributed by atoms with Gasteiger partial charge in [-0.25, -0.2) is 4.79 Å². The van der Waals surface area contributed by atoms with Gasteiger partial charge in [0.1, 0.15) is 12.4 Å². The maximum atomic E-state index is 13.4. The van der Waals surface area contributed by atoms with E-state index >= 15 is 0 Å². The van der Waals surface area contributed by atoms with Crippen LogP contribution in [0.4, 0.5) is 4.79 Å². The van der Waals surface area contributed by atoms with Crippen LogP contribution in [0.1, 0.15) is 22.3 Å². The van der Waals surface area contributed by atoms with Crippen LogP contribution >= 0.6 is 0 Å². The third-order valence-electron chi connectivity index (χ3n) is 6.75. The second-order valence-electron chi connectivity index (χ2n) is 9.17. The third-order valence-corrected chi connectivity index (χ3v) is 6.75. The van der Waals surface area contributed by atoms with Crippen LogP contribution in [0.2, 0.25) is 0 Å². The number of benzene rings is 2. The Labute approximate surface area is 200 Å². The number of nitrogens with zero attached hydrogens (tertiary/aromatic N) is 3. The maximum absolute atomic E-state index is 13.4. The van der Waals surface area contributed by atoms with Gasteiger partial charge in [-0.1, -0.05) is 42.5 Å². The van der Waals surface area contributed by atoms with Crippen LogP contribution in [0.15, 0.2) is 54.6 Å². The van der Waals surface area contributed by atoms with Crippen LogP contribution in [0.5, 0.6) is 5.75 Å². The van der Waals surface area contributed by atoms with Gasteiger partial charge in [0.2, 0.25) is 0 Å². The zero-order valence-corrected chi connectivity index (χ0v) is 19.4. The zero-order chi connectivity index (χ0) is 23.4. The zero-order valence-electron chi connectivity index (χ0n) is 19.4. The molecule has 0 aliphatic carbocycles. The first-order valence-electron chi connectivity index (χ1n) is 11.9. The van der Waals surface area contributed by atoms with E-state index in [4.69, 9.17) is 14.2 Å². The summed E-state index contributed by atoms with van der Waals surface area (Å²) < 4.78 is 17.2. The molecule has 0 aromatic heterocycles. The number of likely N-dealkylation sites (tertiary alicyclic amines) is 1. The van der Waals surface area contributed by atoms with Crippen LogP contribution in [-0.4, -0.2) is 91.4 Å². The van der Waals surface area contributed by atoms with Crippen molar-refractivity contribution < 1.29 is 23.8 Å². The van der Waals surface area contributed by atoms with Crippen LogP contribution in [-0.2, 0) is 16.0 Å². The summed E-state index contributed by atoms with van der Waals surface area (Å²) in [6.45, 7) is 6.56. The van der Waals surface area contributed by atoms with E-state index in [-0.39, 0.29) is 12.0 Å². The van der Waals surface area contributed by atoms with E-state index in [1.54, 1.807) is 15.9 Å². The first kappa shape index (κ1) is 22.7. The number of ether oxygens (including phenoxy) is 3. The number of rotatable bonds is 7. The van der Waals surface area contributed by atoms with E-state index in [0.717, 1.165) is 38.4 Å². The Morgan fingerprint density at radius 2 is 1.74 bits per heavy atom. The Kier molecular flexibility index (Phi) is 6.69. The van der Waals surface area contributed by atoms with Gasteiger partial charge >= 0.3 is 6.09 Å². The Hall–Kier alpha value is -3.10. The molecule has 2 amide bonds. The van der Waals surface area contributed by atoms with Gasteiger partial charge in [-0.3, -0.25) is 14.6 Å². The molecule has 0 bridgehead atoms. The lowest BCUT2D eigenvalue weighted by atomic mass is 10.0. The molecule has 34 heavy (non-hydrogen) atoms. The lowest BCUT2D eigenvalue weighted by Gasteiger charge is -2.26. The molecule has 1 atom stereocenters. The van der Waals surface area contributed by atoms with Crippen molar-refractivity contribution in [3.05, 3.63) is 65.7 Å². The van der Waals surface area contributed by atoms with Crippen molar-refractivity contribution in [3.63, 3.8) is 0 Å². The summed E-state index contributed by atoms with van der Waals surface area (Å²) in [5.74, 6) is 0.507. The van der Waals surface area contributed by atoms with Crippen LogP contribution in [0.25, 0.3) is 0 Å². The number of hydrogen-bond acceptors (Lipinski definition) is 6. The normalized spacial score (nSPS) is 22.9. The number of morpholine rings is 1. The van der Waals surface area contributed by atoms with Gasteiger partial charge in [0.15, 0.2) is 5.60 Å². The first-order valence-corrected chi connectivity index (χ1v) is 11.9. The summed E-state index contributed by atoms with van der Waals surface area (Å²) in [6.07, 6.45) is 0.320. The minimum absolute atomic E-state index is 0.0867. The molecule has 180 valence electrons. The standard InChI is InChI=1S/C26H31N3O5/c30-24(22-8-4-5-9-23(22)33-17-14-27-12-15-32-16-13-27)28-11-10-26(19-28)20-29(25(31)34-26)18-21-6-2-1-3-7-21/h1-9H,10-20H2/t26-/m1/s1.